The van der Waals surface area contributed by atoms with Gasteiger partial charge in [-0.2, -0.15) is 0 Å². The summed E-state index contributed by atoms with van der Waals surface area (Å²) in [6, 6.07) is -0.380. The van der Waals surface area contributed by atoms with Gasteiger partial charge >= 0.3 is 12.1 Å². The van der Waals surface area contributed by atoms with E-state index in [1.807, 2.05) is 0 Å². The Kier molecular flexibility index (Phi) is 4.38. The molecule has 10 nitrogen and oxygen atoms in total. The zero-order valence-electron chi connectivity index (χ0n) is 12.3. The predicted molar refractivity (Wildman–Crippen MR) is 81.3 cm³/mol. The van der Waals surface area contributed by atoms with Gasteiger partial charge in [0.1, 0.15) is 25.3 Å². The van der Waals surface area contributed by atoms with Gasteiger partial charge in [-0.3, -0.25) is 18.3 Å². The van der Waals surface area contributed by atoms with Crippen molar-refractivity contribution in [1.29, 1.82) is 0 Å². The summed E-state index contributed by atoms with van der Waals surface area (Å²) >= 11 is 0. The Balaban J connectivity index is 0.000000141. The van der Waals surface area contributed by atoms with Crippen LogP contribution in [-0.2, 0) is 0 Å². The van der Waals surface area contributed by atoms with Crippen molar-refractivity contribution < 1.29 is 9.59 Å². The number of aromatic nitrogens is 8. The van der Waals surface area contributed by atoms with Gasteiger partial charge in [0, 0.05) is 49.6 Å². The SMILES string of the molecule is O=C(n1ccnc1)n1ccnc1.O=C(n1ccnc1)n1ccnc1. The van der Waals surface area contributed by atoms with Crippen molar-refractivity contribution in [2.24, 2.45) is 0 Å². The maximum Gasteiger partial charge on any atom is 0.338 e. The van der Waals surface area contributed by atoms with Crippen LogP contribution < -0.4 is 0 Å². The van der Waals surface area contributed by atoms with Crippen LogP contribution in [0.3, 0.4) is 0 Å². The molecule has 0 aromatic carbocycles. The van der Waals surface area contributed by atoms with Gasteiger partial charge in [0.2, 0.25) is 0 Å². The van der Waals surface area contributed by atoms with Crippen LogP contribution in [0.15, 0.2) is 74.9 Å². The lowest BCUT2D eigenvalue weighted by Gasteiger charge is -1.98. The van der Waals surface area contributed by atoms with Crippen LogP contribution in [-0.4, -0.2) is 50.3 Å². The summed E-state index contributed by atoms with van der Waals surface area (Å²) in [6.45, 7) is 0. The molecule has 0 N–H and O–H groups in total. The van der Waals surface area contributed by atoms with Crippen LogP contribution in [0, 0.1) is 0 Å². The molecule has 0 saturated heterocycles. The summed E-state index contributed by atoms with van der Waals surface area (Å²) in [5, 5.41) is 0. The van der Waals surface area contributed by atoms with Crippen LogP contribution in [0.2, 0.25) is 0 Å². The molecule has 4 aromatic rings. The zero-order valence-corrected chi connectivity index (χ0v) is 12.3. The lowest BCUT2D eigenvalue weighted by Crippen LogP contribution is -2.15. The molecule has 0 unspecified atom stereocenters. The molecule has 0 spiro atoms. The smallest absolute Gasteiger partial charge is 0.257 e. The Hall–Kier alpha value is -3.82. The Morgan fingerprint density at radius 1 is 0.500 bits per heavy atom. The van der Waals surface area contributed by atoms with Crippen LogP contribution in [0.1, 0.15) is 0 Å². The number of hydrogen-bond donors (Lipinski definition) is 0. The van der Waals surface area contributed by atoms with E-state index in [0.717, 1.165) is 0 Å². The van der Waals surface area contributed by atoms with E-state index < -0.39 is 0 Å². The summed E-state index contributed by atoms with van der Waals surface area (Å²) in [4.78, 5) is 37.9. The fourth-order valence-electron chi connectivity index (χ4n) is 1.76. The minimum atomic E-state index is -0.190. The molecule has 4 rings (SSSR count). The first-order valence-corrected chi connectivity index (χ1v) is 6.77. The molecule has 120 valence electrons. The molecule has 24 heavy (non-hydrogen) atoms. The summed E-state index contributed by atoms with van der Waals surface area (Å²) in [5.41, 5.74) is 0. The topological polar surface area (TPSA) is 105 Å². The molecule has 0 radical (unpaired) electrons. The number of carbonyl (C=O) groups is 2. The van der Waals surface area contributed by atoms with Crippen LogP contribution in [0.5, 0.6) is 0 Å². The lowest BCUT2D eigenvalue weighted by molar-refractivity contribution is 0.243. The first kappa shape index (κ1) is 15.1. The number of imidazole rings is 4. The highest BCUT2D eigenvalue weighted by atomic mass is 16.2. The van der Waals surface area contributed by atoms with Gasteiger partial charge in [-0.1, -0.05) is 0 Å². The van der Waals surface area contributed by atoms with Gasteiger partial charge in [-0.25, -0.2) is 29.5 Å². The van der Waals surface area contributed by atoms with E-state index >= 15 is 0 Å². The molecule has 0 bridgehead atoms. The summed E-state index contributed by atoms with van der Waals surface area (Å²) in [7, 11) is 0. The Bertz CT molecular complexity index is 728. The summed E-state index contributed by atoms with van der Waals surface area (Å²) in [6.07, 6.45) is 18.3. The molecular weight excluding hydrogens is 312 g/mol. The zero-order chi connectivity index (χ0) is 16.8. The van der Waals surface area contributed by atoms with Gasteiger partial charge < -0.3 is 0 Å². The molecule has 0 aliphatic carbocycles. The molecule has 0 amide bonds. The maximum absolute atomic E-state index is 11.4. The van der Waals surface area contributed by atoms with Crippen molar-refractivity contribution in [2.45, 2.75) is 0 Å². The quantitative estimate of drug-likeness (QED) is 0.481. The van der Waals surface area contributed by atoms with Gasteiger partial charge in [0.15, 0.2) is 0 Å². The van der Waals surface area contributed by atoms with E-state index in [2.05, 4.69) is 19.9 Å². The second-order valence-corrected chi connectivity index (χ2v) is 4.44. The molecule has 4 heterocycles. The Labute approximate surface area is 135 Å². The molecule has 4 aromatic heterocycles. The van der Waals surface area contributed by atoms with Gasteiger partial charge in [-0.05, 0) is 0 Å². The van der Waals surface area contributed by atoms with E-state index in [4.69, 9.17) is 0 Å². The van der Waals surface area contributed by atoms with Crippen molar-refractivity contribution in [3.05, 3.63) is 74.9 Å². The largest absolute Gasteiger partial charge is 0.338 e. The molecule has 0 atom stereocenters. The highest BCUT2D eigenvalue weighted by Gasteiger charge is 2.04. The van der Waals surface area contributed by atoms with Crippen LogP contribution in [0.25, 0.3) is 0 Å². The normalized spacial score (nSPS) is 10.0. The molecule has 0 aliphatic heterocycles. The van der Waals surface area contributed by atoms with Crippen LogP contribution >= 0.6 is 0 Å². The minimum Gasteiger partial charge on any atom is -0.257 e. The first-order valence-electron chi connectivity index (χ1n) is 6.77. The van der Waals surface area contributed by atoms with E-state index in [1.54, 1.807) is 49.6 Å². The summed E-state index contributed by atoms with van der Waals surface area (Å²) < 4.78 is 5.51. The van der Waals surface area contributed by atoms with Crippen molar-refractivity contribution in [1.82, 2.24) is 38.2 Å². The van der Waals surface area contributed by atoms with Crippen molar-refractivity contribution in [3.63, 3.8) is 0 Å². The Morgan fingerprint density at radius 2 is 0.750 bits per heavy atom. The Morgan fingerprint density at radius 3 is 0.917 bits per heavy atom. The number of carbonyl (C=O) groups excluding carboxylic acids is 2. The third kappa shape index (κ3) is 3.32. The van der Waals surface area contributed by atoms with Gasteiger partial charge in [-0.15, -0.1) is 0 Å². The number of nitrogens with zero attached hydrogens (tertiary/aromatic N) is 8. The molecular formula is C14H12N8O2. The molecule has 0 fully saturated rings. The molecule has 10 heteroatoms. The van der Waals surface area contributed by atoms with Crippen molar-refractivity contribution in [2.75, 3.05) is 0 Å². The highest BCUT2D eigenvalue weighted by Crippen LogP contribution is 1.93. The first-order chi connectivity index (χ1) is 11.8. The van der Waals surface area contributed by atoms with Crippen molar-refractivity contribution >= 4 is 12.1 Å². The minimum absolute atomic E-state index is 0.190. The fourth-order valence-corrected chi connectivity index (χ4v) is 1.76. The second-order valence-electron chi connectivity index (χ2n) is 4.44. The van der Waals surface area contributed by atoms with Crippen LogP contribution in [0.4, 0.5) is 9.59 Å². The average Bonchev–Trinajstić information content (AvgIpc) is 3.43. The van der Waals surface area contributed by atoms with E-state index in [1.165, 1.54) is 43.6 Å². The second kappa shape index (κ2) is 6.96. The third-order valence-electron chi connectivity index (χ3n) is 2.90. The van der Waals surface area contributed by atoms with Gasteiger partial charge in [0.05, 0.1) is 0 Å². The predicted octanol–water partition coefficient (Wildman–Crippen LogP) is 1.19. The van der Waals surface area contributed by atoms with E-state index in [-0.39, 0.29) is 12.1 Å². The van der Waals surface area contributed by atoms with E-state index in [9.17, 15) is 9.59 Å². The average molecular weight is 324 g/mol. The number of hydrogen-bond acceptors (Lipinski definition) is 6. The lowest BCUT2D eigenvalue weighted by atomic mass is 10.8. The monoisotopic (exact) mass is 324 g/mol. The molecule has 0 aliphatic rings. The highest BCUT2D eigenvalue weighted by molar-refractivity contribution is 5.79. The van der Waals surface area contributed by atoms with Gasteiger partial charge in [0.25, 0.3) is 0 Å². The fraction of sp³-hybridized carbons (Fsp3) is 0. The van der Waals surface area contributed by atoms with E-state index in [0.29, 0.717) is 0 Å². The van der Waals surface area contributed by atoms with Crippen molar-refractivity contribution in [3.8, 4) is 0 Å². The molecule has 0 saturated carbocycles. The number of rotatable bonds is 0. The summed E-state index contributed by atoms with van der Waals surface area (Å²) in [5.74, 6) is 0. The maximum atomic E-state index is 11.4. The standard InChI is InChI=1S/2C7H6N4O/c2*12-7(10-3-1-8-5-10)11-4-2-9-6-11/h2*1-6H. The third-order valence-corrected chi connectivity index (χ3v) is 2.90.